The molecule has 1 aromatic rings. The van der Waals surface area contributed by atoms with Gasteiger partial charge in [0.2, 0.25) is 0 Å². The standard InChI is InChI=1S/C13H19F2NO/c1-13(2,9-17)16(3)7-6-10-4-5-11(14)8-12(10)15/h4-5,8,17H,6-7,9H2,1-3H3. The summed E-state index contributed by atoms with van der Waals surface area (Å²) in [4.78, 5) is 1.95. The lowest BCUT2D eigenvalue weighted by Gasteiger charge is -2.33. The molecule has 0 amide bonds. The summed E-state index contributed by atoms with van der Waals surface area (Å²) in [7, 11) is 1.87. The van der Waals surface area contributed by atoms with Gasteiger partial charge in [0.05, 0.1) is 6.61 Å². The van der Waals surface area contributed by atoms with Gasteiger partial charge >= 0.3 is 0 Å². The predicted octanol–water partition coefficient (Wildman–Crippen LogP) is 2.21. The number of aliphatic hydroxyl groups excluding tert-OH is 1. The third-order valence-electron chi connectivity index (χ3n) is 3.15. The zero-order valence-electron chi connectivity index (χ0n) is 10.5. The maximum atomic E-state index is 13.4. The molecule has 2 nitrogen and oxygen atoms in total. The number of hydrogen-bond donors (Lipinski definition) is 1. The van der Waals surface area contributed by atoms with Crippen LogP contribution in [-0.2, 0) is 6.42 Å². The van der Waals surface area contributed by atoms with Crippen LogP contribution in [0.15, 0.2) is 18.2 Å². The Morgan fingerprint density at radius 3 is 2.47 bits per heavy atom. The Morgan fingerprint density at radius 1 is 1.29 bits per heavy atom. The van der Waals surface area contributed by atoms with Crippen LogP contribution in [0.2, 0.25) is 0 Å². The average molecular weight is 243 g/mol. The van der Waals surface area contributed by atoms with Gasteiger partial charge in [-0.05, 0) is 38.9 Å². The number of benzene rings is 1. The number of halogens is 2. The van der Waals surface area contributed by atoms with E-state index in [1.807, 2.05) is 25.8 Å². The first-order valence-corrected chi connectivity index (χ1v) is 5.63. The van der Waals surface area contributed by atoms with Gasteiger partial charge < -0.3 is 5.11 Å². The number of likely N-dealkylation sites (N-methyl/N-ethyl adjacent to an activating group) is 1. The van der Waals surface area contributed by atoms with Crippen LogP contribution >= 0.6 is 0 Å². The molecule has 0 unspecified atom stereocenters. The fourth-order valence-corrected chi connectivity index (χ4v) is 1.44. The highest BCUT2D eigenvalue weighted by Crippen LogP contribution is 2.14. The van der Waals surface area contributed by atoms with Crippen molar-refractivity contribution in [3.05, 3.63) is 35.4 Å². The Labute approximate surface area is 101 Å². The van der Waals surface area contributed by atoms with Gasteiger partial charge in [0.25, 0.3) is 0 Å². The van der Waals surface area contributed by atoms with Crippen molar-refractivity contribution < 1.29 is 13.9 Å². The molecular formula is C13H19F2NO. The predicted molar refractivity (Wildman–Crippen MR) is 63.9 cm³/mol. The van der Waals surface area contributed by atoms with Crippen molar-refractivity contribution in [2.24, 2.45) is 0 Å². The van der Waals surface area contributed by atoms with Gasteiger partial charge in [-0.1, -0.05) is 6.07 Å². The summed E-state index contributed by atoms with van der Waals surface area (Å²) in [6.07, 6.45) is 0.492. The Balaban J connectivity index is 2.62. The van der Waals surface area contributed by atoms with Gasteiger partial charge in [-0.3, -0.25) is 4.90 Å². The highest BCUT2D eigenvalue weighted by molar-refractivity contribution is 5.18. The van der Waals surface area contributed by atoms with Crippen molar-refractivity contribution in [1.29, 1.82) is 0 Å². The second-order valence-corrected chi connectivity index (χ2v) is 4.88. The molecule has 0 spiro atoms. The molecule has 0 fully saturated rings. The monoisotopic (exact) mass is 243 g/mol. The van der Waals surface area contributed by atoms with Crippen molar-refractivity contribution in [2.45, 2.75) is 25.8 Å². The quantitative estimate of drug-likeness (QED) is 0.857. The van der Waals surface area contributed by atoms with Crippen LogP contribution in [0.1, 0.15) is 19.4 Å². The number of nitrogens with zero attached hydrogens (tertiary/aromatic N) is 1. The van der Waals surface area contributed by atoms with Crippen LogP contribution in [0.4, 0.5) is 8.78 Å². The van der Waals surface area contributed by atoms with E-state index in [1.165, 1.54) is 12.1 Å². The maximum absolute atomic E-state index is 13.4. The van der Waals surface area contributed by atoms with E-state index in [2.05, 4.69) is 0 Å². The average Bonchev–Trinajstić information content (AvgIpc) is 2.27. The first-order chi connectivity index (χ1) is 7.86. The lowest BCUT2D eigenvalue weighted by Crippen LogP contribution is -2.45. The highest BCUT2D eigenvalue weighted by atomic mass is 19.1. The van der Waals surface area contributed by atoms with E-state index in [0.717, 1.165) is 6.07 Å². The maximum Gasteiger partial charge on any atom is 0.129 e. The third kappa shape index (κ3) is 3.75. The topological polar surface area (TPSA) is 23.5 Å². The number of aliphatic hydroxyl groups is 1. The summed E-state index contributed by atoms with van der Waals surface area (Å²) in [5, 5.41) is 9.19. The minimum absolute atomic E-state index is 0.0371. The summed E-state index contributed by atoms with van der Waals surface area (Å²) in [5.74, 6) is -1.07. The zero-order valence-corrected chi connectivity index (χ0v) is 10.5. The third-order valence-corrected chi connectivity index (χ3v) is 3.15. The smallest absolute Gasteiger partial charge is 0.129 e. The van der Waals surface area contributed by atoms with Crippen LogP contribution in [-0.4, -0.2) is 35.7 Å². The summed E-state index contributed by atoms with van der Waals surface area (Å²) in [6, 6.07) is 3.62. The molecule has 0 atom stereocenters. The van der Waals surface area contributed by atoms with E-state index in [-0.39, 0.29) is 12.1 Å². The van der Waals surface area contributed by atoms with Gasteiger partial charge in [0.15, 0.2) is 0 Å². The van der Waals surface area contributed by atoms with Crippen molar-refractivity contribution in [2.75, 3.05) is 20.2 Å². The van der Waals surface area contributed by atoms with Gasteiger partial charge in [-0.15, -0.1) is 0 Å². The van der Waals surface area contributed by atoms with E-state index in [9.17, 15) is 13.9 Å². The first-order valence-electron chi connectivity index (χ1n) is 5.63. The SMILES string of the molecule is CN(CCc1ccc(F)cc1F)C(C)(C)CO. The van der Waals surface area contributed by atoms with Gasteiger partial charge in [0.1, 0.15) is 11.6 Å². The molecule has 17 heavy (non-hydrogen) atoms. The molecule has 0 bridgehead atoms. The van der Waals surface area contributed by atoms with E-state index in [4.69, 9.17) is 0 Å². The molecule has 0 saturated heterocycles. The second kappa shape index (κ2) is 5.56. The fraction of sp³-hybridized carbons (Fsp3) is 0.538. The summed E-state index contributed by atoms with van der Waals surface area (Å²) < 4.78 is 26.1. The minimum Gasteiger partial charge on any atom is -0.394 e. The normalized spacial score (nSPS) is 12.2. The molecule has 1 aromatic carbocycles. The number of rotatable bonds is 5. The van der Waals surface area contributed by atoms with Crippen molar-refractivity contribution in [3.63, 3.8) is 0 Å². The van der Waals surface area contributed by atoms with Gasteiger partial charge in [-0.25, -0.2) is 8.78 Å². The van der Waals surface area contributed by atoms with E-state index < -0.39 is 11.6 Å². The lowest BCUT2D eigenvalue weighted by molar-refractivity contribution is 0.0799. The molecular weight excluding hydrogens is 224 g/mol. The fourth-order valence-electron chi connectivity index (χ4n) is 1.44. The molecule has 96 valence electrons. The molecule has 0 radical (unpaired) electrons. The Hall–Kier alpha value is -1.00. The molecule has 0 heterocycles. The number of hydrogen-bond acceptors (Lipinski definition) is 2. The largest absolute Gasteiger partial charge is 0.394 e. The van der Waals surface area contributed by atoms with Crippen molar-refractivity contribution >= 4 is 0 Å². The molecule has 4 heteroatoms. The summed E-state index contributed by atoms with van der Waals surface area (Å²) in [5.41, 5.74) is 0.156. The molecule has 0 aliphatic rings. The van der Waals surface area contributed by atoms with Crippen molar-refractivity contribution in [1.82, 2.24) is 4.90 Å². The Bertz CT molecular complexity index is 380. The molecule has 0 saturated carbocycles. The molecule has 1 N–H and O–H groups in total. The second-order valence-electron chi connectivity index (χ2n) is 4.88. The minimum atomic E-state index is -0.560. The van der Waals surface area contributed by atoms with E-state index in [1.54, 1.807) is 0 Å². The molecule has 1 rings (SSSR count). The summed E-state index contributed by atoms with van der Waals surface area (Å²) >= 11 is 0. The van der Waals surface area contributed by atoms with E-state index >= 15 is 0 Å². The molecule has 0 aliphatic heterocycles. The first kappa shape index (κ1) is 14.1. The van der Waals surface area contributed by atoms with Crippen molar-refractivity contribution in [3.8, 4) is 0 Å². The van der Waals surface area contributed by atoms with Crippen LogP contribution in [0.3, 0.4) is 0 Å². The Kier molecular flexibility index (Phi) is 4.60. The van der Waals surface area contributed by atoms with Crippen LogP contribution in [0.25, 0.3) is 0 Å². The van der Waals surface area contributed by atoms with Gasteiger partial charge in [-0.2, -0.15) is 0 Å². The zero-order chi connectivity index (χ0) is 13.1. The van der Waals surface area contributed by atoms with Crippen LogP contribution < -0.4 is 0 Å². The molecule has 0 aromatic heterocycles. The van der Waals surface area contributed by atoms with Crippen LogP contribution in [0.5, 0.6) is 0 Å². The Morgan fingerprint density at radius 2 is 1.94 bits per heavy atom. The van der Waals surface area contributed by atoms with Crippen LogP contribution in [0, 0.1) is 11.6 Å². The van der Waals surface area contributed by atoms with E-state index in [0.29, 0.717) is 18.5 Å². The van der Waals surface area contributed by atoms with Gasteiger partial charge in [0, 0.05) is 18.2 Å². The molecule has 0 aliphatic carbocycles. The summed E-state index contributed by atoms with van der Waals surface area (Å²) in [6.45, 7) is 4.47. The lowest BCUT2D eigenvalue weighted by atomic mass is 10.0. The highest BCUT2D eigenvalue weighted by Gasteiger charge is 2.22.